The number of hydrogen-bond donors (Lipinski definition) is 3. The minimum atomic E-state index is -0.210. The van der Waals surface area contributed by atoms with Crippen molar-refractivity contribution in [3.8, 4) is 0 Å². The summed E-state index contributed by atoms with van der Waals surface area (Å²) >= 11 is 0. The Hall–Kier alpha value is -3.46. The maximum absolute atomic E-state index is 12.6. The topological polar surface area (TPSA) is 105 Å². The Labute approximate surface area is 185 Å². The normalized spacial score (nSPS) is 29.9. The van der Waals surface area contributed by atoms with Crippen molar-refractivity contribution in [2.24, 2.45) is 21.7 Å². The molecule has 4 aliphatic heterocycles. The van der Waals surface area contributed by atoms with Gasteiger partial charge in [0.2, 0.25) is 5.70 Å². The van der Waals surface area contributed by atoms with Crippen LogP contribution in [0.2, 0.25) is 0 Å². The van der Waals surface area contributed by atoms with Crippen LogP contribution in [0.5, 0.6) is 0 Å². The molecule has 2 bridgehead atoms. The number of hydrogen-bond acceptors (Lipinski definition) is 6. The van der Waals surface area contributed by atoms with E-state index in [4.69, 9.17) is 10.8 Å². The van der Waals surface area contributed by atoms with Crippen LogP contribution < -0.4 is 16.5 Å². The summed E-state index contributed by atoms with van der Waals surface area (Å²) in [5.74, 6) is 8.26. The fraction of sp³-hybridized carbons (Fsp3) is 0.250. The lowest BCUT2D eigenvalue weighted by molar-refractivity contribution is -0.750. The van der Waals surface area contributed by atoms with Crippen LogP contribution in [0.4, 0.5) is 5.82 Å². The number of quaternary nitrogens is 1. The second kappa shape index (κ2) is 7.30. The van der Waals surface area contributed by atoms with Gasteiger partial charge in [-0.1, -0.05) is 6.07 Å². The van der Waals surface area contributed by atoms with E-state index in [9.17, 15) is 4.79 Å². The van der Waals surface area contributed by atoms with E-state index < -0.39 is 0 Å². The summed E-state index contributed by atoms with van der Waals surface area (Å²) in [4.78, 5) is 26.1. The maximum Gasteiger partial charge on any atom is 0.264 e. The molecule has 8 heteroatoms. The molecular formula is C24H24N7O+. The number of pyridine rings is 1. The third kappa shape index (κ3) is 3.03. The number of carbonyl (C=O) groups excluding carboxylic acids is 1. The Balaban J connectivity index is 1.30. The summed E-state index contributed by atoms with van der Waals surface area (Å²) in [6.45, 7) is 0. The number of anilines is 1. The van der Waals surface area contributed by atoms with Crippen LogP contribution >= 0.6 is 0 Å². The molecule has 4 N–H and O–H groups in total. The molecule has 1 aromatic carbocycles. The Morgan fingerprint density at radius 3 is 2.75 bits per heavy atom. The summed E-state index contributed by atoms with van der Waals surface area (Å²) in [5.41, 5.74) is 3.39. The highest BCUT2D eigenvalue weighted by molar-refractivity contribution is 6.05. The number of fused-ring (bicyclic) bond motifs is 3. The molecule has 32 heavy (non-hydrogen) atoms. The van der Waals surface area contributed by atoms with E-state index in [1.54, 1.807) is 36.7 Å². The van der Waals surface area contributed by atoms with Crippen molar-refractivity contribution in [1.29, 1.82) is 0 Å². The molecule has 1 aromatic heterocycles. The van der Waals surface area contributed by atoms with Crippen LogP contribution in [-0.4, -0.2) is 39.6 Å². The molecule has 0 spiro atoms. The van der Waals surface area contributed by atoms with Crippen molar-refractivity contribution in [3.63, 3.8) is 0 Å². The van der Waals surface area contributed by atoms with E-state index in [2.05, 4.69) is 20.6 Å². The third-order valence-corrected chi connectivity index (χ3v) is 6.79. The number of aromatic nitrogens is 1. The number of allylic oxidation sites excluding steroid dienone is 1. The molecule has 4 unspecified atom stereocenters. The SMILES string of the molecule is N[N+]12C=CN=CC1=C(C1CC3CCC1N3)N=C2c1ccc(C(=O)Nc2ccccn2)cc1. The zero-order valence-electron chi connectivity index (χ0n) is 17.5. The highest BCUT2D eigenvalue weighted by Crippen LogP contribution is 2.43. The summed E-state index contributed by atoms with van der Waals surface area (Å²) in [7, 11) is 0. The first-order chi connectivity index (χ1) is 15.6. The number of rotatable bonds is 4. The van der Waals surface area contributed by atoms with Crippen LogP contribution in [-0.2, 0) is 0 Å². The largest absolute Gasteiger partial charge is 0.311 e. The molecule has 1 amide bonds. The minimum Gasteiger partial charge on any atom is -0.311 e. The van der Waals surface area contributed by atoms with Gasteiger partial charge in [-0.2, -0.15) is 10.8 Å². The first-order valence-corrected chi connectivity index (χ1v) is 10.9. The van der Waals surface area contributed by atoms with Gasteiger partial charge < -0.3 is 10.6 Å². The van der Waals surface area contributed by atoms with Crippen molar-refractivity contribution in [1.82, 2.24) is 10.3 Å². The first-order valence-electron chi connectivity index (χ1n) is 10.9. The fourth-order valence-corrected chi connectivity index (χ4v) is 5.20. The van der Waals surface area contributed by atoms with Gasteiger partial charge in [-0.15, -0.1) is 4.59 Å². The van der Waals surface area contributed by atoms with Gasteiger partial charge in [0.25, 0.3) is 11.7 Å². The second-order valence-electron chi connectivity index (χ2n) is 8.70. The van der Waals surface area contributed by atoms with E-state index in [-0.39, 0.29) is 10.5 Å². The van der Waals surface area contributed by atoms with E-state index in [1.807, 2.05) is 30.6 Å². The van der Waals surface area contributed by atoms with E-state index in [1.165, 1.54) is 12.8 Å². The Morgan fingerprint density at radius 1 is 1.16 bits per heavy atom. The number of nitrogens with one attached hydrogen (secondary N) is 2. The fourth-order valence-electron chi connectivity index (χ4n) is 5.20. The average Bonchev–Trinajstić information content (AvgIpc) is 3.52. The van der Waals surface area contributed by atoms with Gasteiger partial charge in [0.15, 0.2) is 0 Å². The summed E-state index contributed by atoms with van der Waals surface area (Å²) in [6.07, 6.45) is 10.6. The molecule has 160 valence electrons. The van der Waals surface area contributed by atoms with E-state index in [0.717, 1.165) is 29.2 Å². The second-order valence-corrected chi connectivity index (χ2v) is 8.70. The van der Waals surface area contributed by atoms with E-state index in [0.29, 0.717) is 29.4 Å². The molecule has 4 atom stereocenters. The lowest BCUT2D eigenvalue weighted by Gasteiger charge is -2.27. The van der Waals surface area contributed by atoms with Crippen molar-refractivity contribution >= 4 is 23.8 Å². The molecule has 0 radical (unpaired) electrons. The van der Waals surface area contributed by atoms with Gasteiger partial charge in [0.05, 0.1) is 18.0 Å². The number of carbonyl (C=O) groups is 1. The predicted octanol–water partition coefficient (Wildman–Crippen LogP) is 2.69. The molecule has 6 rings (SSSR count). The number of nitrogens with two attached hydrogens (primary N) is 1. The zero-order chi connectivity index (χ0) is 21.7. The van der Waals surface area contributed by atoms with Gasteiger partial charge >= 0.3 is 0 Å². The van der Waals surface area contributed by atoms with Gasteiger partial charge in [0.1, 0.15) is 17.7 Å². The number of benzene rings is 1. The smallest absolute Gasteiger partial charge is 0.264 e. The molecule has 5 heterocycles. The summed E-state index contributed by atoms with van der Waals surface area (Å²) < 4.78 is 0.00615. The van der Waals surface area contributed by atoms with Crippen molar-refractivity contribution < 1.29 is 9.39 Å². The highest BCUT2D eigenvalue weighted by Gasteiger charge is 2.50. The van der Waals surface area contributed by atoms with Crippen LogP contribution in [0.1, 0.15) is 35.2 Å². The van der Waals surface area contributed by atoms with Gasteiger partial charge in [0, 0.05) is 29.8 Å². The highest BCUT2D eigenvalue weighted by atomic mass is 16.1. The zero-order valence-corrected chi connectivity index (χ0v) is 17.5. The van der Waals surface area contributed by atoms with Crippen LogP contribution in [0.3, 0.4) is 0 Å². The molecule has 2 fully saturated rings. The molecule has 2 aromatic rings. The van der Waals surface area contributed by atoms with Crippen molar-refractivity contribution in [2.45, 2.75) is 31.3 Å². The number of amidine groups is 1. The third-order valence-electron chi connectivity index (χ3n) is 6.79. The van der Waals surface area contributed by atoms with Gasteiger partial charge in [-0.25, -0.2) is 4.98 Å². The average molecular weight is 427 g/mol. The lowest BCUT2D eigenvalue weighted by Crippen LogP contribution is -2.53. The molecule has 2 saturated heterocycles. The van der Waals surface area contributed by atoms with Crippen molar-refractivity contribution in [2.75, 3.05) is 5.32 Å². The molecule has 0 saturated carbocycles. The van der Waals surface area contributed by atoms with Crippen LogP contribution in [0, 0.1) is 5.92 Å². The molecule has 8 nitrogen and oxygen atoms in total. The minimum absolute atomic E-state index is 0.00615. The molecular weight excluding hydrogens is 402 g/mol. The molecule has 0 aliphatic carbocycles. The number of nitrogens with zero attached hydrogens (tertiary/aromatic N) is 4. The summed E-state index contributed by atoms with van der Waals surface area (Å²) in [6, 6.07) is 13.8. The number of amides is 1. The Kier molecular flexibility index (Phi) is 4.39. The van der Waals surface area contributed by atoms with Crippen LogP contribution in [0.15, 0.2) is 82.4 Å². The van der Waals surface area contributed by atoms with Crippen molar-refractivity contribution in [3.05, 3.63) is 83.6 Å². The monoisotopic (exact) mass is 426 g/mol. The summed E-state index contributed by atoms with van der Waals surface area (Å²) in [5, 5.41) is 6.50. The standard InChI is InChI=1S/C24H23N7O/c25-31-12-11-26-14-20(31)22(18-13-17-8-9-19(18)28-17)30-23(31)15-4-6-16(7-5-15)24(32)29-21-3-1-2-10-27-21/h1-7,10-12,14,17-19,28H,8-9,13,25H2/p+1. The van der Waals surface area contributed by atoms with Gasteiger partial charge in [-0.3, -0.25) is 9.79 Å². The Bertz CT molecular complexity index is 1200. The molecule has 4 aliphatic rings. The maximum atomic E-state index is 12.6. The number of aliphatic imine (C=N–C) groups is 2. The van der Waals surface area contributed by atoms with Gasteiger partial charge in [-0.05, 0) is 55.7 Å². The lowest BCUT2D eigenvalue weighted by atomic mass is 9.86. The Morgan fingerprint density at radius 2 is 2.03 bits per heavy atom. The first kappa shape index (κ1) is 19.2. The quantitative estimate of drug-likeness (QED) is 0.516. The predicted molar refractivity (Wildman–Crippen MR) is 122 cm³/mol. The van der Waals surface area contributed by atoms with Crippen LogP contribution in [0.25, 0.3) is 0 Å². The van der Waals surface area contributed by atoms with E-state index >= 15 is 0 Å².